The number of pyridine rings is 2. The molecule has 0 saturated heterocycles. The number of ether oxygens (including phenoxy) is 1. The van der Waals surface area contributed by atoms with Gasteiger partial charge >= 0.3 is 6.03 Å². The van der Waals surface area contributed by atoms with E-state index >= 15 is 0 Å². The number of hydrogen-bond acceptors (Lipinski definition) is 6. The zero-order valence-corrected chi connectivity index (χ0v) is 22.9. The largest absolute Gasteiger partial charge is 0.490 e. The molecule has 2 amide bonds. The van der Waals surface area contributed by atoms with Gasteiger partial charge in [0.25, 0.3) is 0 Å². The second kappa shape index (κ2) is 11.2. The average Bonchev–Trinajstić information content (AvgIpc) is 3.37. The SMILES string of the molecule is Cc1ccc(-n2nc(C(C)(C)C)cc2NC(=O)Nc2ccc(OCC(O)c3ccncc3)c3ccccc23)cn1. The Kier molecular flexibility index (Phi) is 7.48. The summed E-state index contributed by atoms with van der Waals surface area (Å²) in [5, 5.41) is 22.8. The number of aliphatic hydroxyl groups is 1. The summed E-state index contributed by atoms with van der Waals surface area (Å²) in [6, 6.07) is 20.0. The van der Waals surface area contributed by atoms with Crippen LogP contribution < -0.4 is 15.4 Å². The third-order valence-corrected chi connectivity index (χ3v) is 6.48. The number of urea groups is 1. The van der Waals surface area contributed by atoms with Crippen molar-refractivity contribution in [2.24, 2.45) is 0 Å². The number of aromatic nitrogens is 4. The van der Waals surface area contributed by atoms with Crippen LogP contribution in [0.2, 0.25) is 0 Å². The second-order valence-corrected chi connectivity index (χ2v) is 10.6. The number of anilines is 2. The van der Waals surface area contributed by atoms with E-state index in [1.165, 1.54) is 0 Å². The summed E-state index contributed by atoms with van der Waals surface area (Å²) in [7, 11) is 0. The van der Waals surface area contributed by atoms with E-state index in [0.717, 1.165) is 33.4 Å². The Hall–Kier alpha value is -4.76. The van der Waals surface area contributed by atoms with Crippen LogP contribution in [0.3, 0.4) is 0 Å². The minimum absolute atomic E-state index is 0.0786. The molecule has 2 aromatic carbocycles. The summed E-state index contributed by atoms with van der Waals surface area (Å²) >= 11 is 0. The lowest BCUT2D eigenvalue weighted by Gasteiger charge is -2.16. The minimum atomic E-state index is -0.795. The number of carbonyl (C=O) groups is 1. The van der Waals surface area contributed by atoms with Crippen LogP contribution in [0, 0.1) is 6.92 Å². The smallest absolute Gasteiger partial charge is 0.324 e. The molecular weight excluding hydrogens is 504 g/mol. The van der Waals surface area contributed by atoms with Gasteiger partial charge in [0, 0.05) is 40.3 Å². The number of aliphatic hydroxyl groups excluding tert-OH is 1. The maximum absolute atomic E-state index is 13.2. The van der Waals surface area contributed by atoms with Gasteiger partial charge in [-0.2, -0.15) is 5.10 Å². The van der Waals surface area contributed by atoms with Gasteiger partial charge in [-0.1, -0.05) is 45.0 Å². The van der Waals surface area contributed by atoms with Crippen molar-refractivity contribution in [2.45, 2.75) is 39.2 Å². The van der Waals surface area contributed by atoms with Crippen LogP contribution in [0.5, 0.6) is 5.75 Å². The van der Waals surface area contributed by atoms with Crippen molar-refractivity contribution in [3.8, 4) is 11.4 Å². The van der Waals surface area contributed by atoms with Gasteiger partial charge < -0.3 is 15.2 Å². The van der Waals surface area contributed by atoms with E-state index in [1.807, 2.05) is 49.4 Å². The minimum Gasteiger partial charge on any atom is -0.490 e. The van der Waals surface area contributed by atoms with E-state index in [2.05, 4.69) is 41.4 Å². The van der Waals surface area contributed by atoms with Crippen LogP contribution in [-0.4, -0.2) is 37.5 Å². The lowest BCUT2D eigenvalue weighted by molar-refractivity contribution is 0.109. The first kappa shape index (κ1) is 26.8. The van der Waals surface area contributed by atoms with Gasteiger partial charge in [0.05, 0.1) is 23.3 Å². The van der Waals surface area contributed by atoms with Crippen LogP contribution in [0.4, 0.5) is 16.3 Å². The van der Waals surface area contributed by atoms with Crippen molar-refractivity contribution >= 4 is 28.3 Å². The van der Waals surface area contributed by atoms with E-state index in [0.29, 0.717) is 17.3 Å². The first-order valence-corrected chi connectivity index (χ1v) is 13.0. The molecule has 0 spiro atoms. The summed E-state index contributed by atoms with van der Waals surface area (Å²) in [4.78, 5) is 21.6. The summed E-state index contributed by atoms with van der Waals surface area (Å²) < 4.78 is 7.67. The average molecular weight is 537 g/mol. The molecule has 3 N–H and O–H groups in total. The van der Waals surface area contributed by atoms with Crippen molar-refractivity contribution < 1.29 is 14.6 Å². The number of aryl methyl sites for hydroxylation is 1. The maximum Gasteiger partial charge on any atom is 0.324 e. The molecule has 9 heteroatoms. The molecule has 0 aliphatic carbocycles. The first-order valence-electron chi connectivity index (χ1n) is 13.0. The molecule has 0 aliphatic rings. The van der Waals surface area contributed by atoms with E-state index in [9.17, 15) is 9.90 Å². The lowest BCUT2D eigenvalue weighted by atomic mass is 9.92. The zero-order valence-electron chi connectivity index (χ0n) is 22.9. The Balaban J connectivity index is 1.37. The number of fused-ring (bicyclic) bond motifs is 1. The number of nitrogens with zero attached hydrogens (tertiary/aromatic N) is 4. The molecule has 5 rings (SSSR count). The monoisotopic (exact) mass is 536 g/mol. The van der Waals surface area contributed by atoms with Gasteiger partial charge in [-0.05, 0) is 48.9 Å². The van der Waals surface area contributed by atoms with Crippen molar-refractivity contribution in [3.63, 3.8) is 0 Å². The highest BCUT2D eigenvalue weighted by molar-refractivity contribution is 6.07. The summed E-state index contributed by atoms with van der Waals surface area (Å²) in [6.07, 6.45) is 4.20. The molecule has 204 valence electrons. The van der Waals surface area contributed by atoms with Gasteiger partial charge in [-0.15, -0.1) is 0 Å². The third kappa shape index (κ3) is 5.94. The van der Waals surface area contributed by atoms with Gasteiger partial charge in [0.15, 0.2) is 0 Å². The zero-order chi connectivity index (χ0) is 28.3. The first-order chi connectivity index (χ1) is 19.2. The molecular formula is C31H32N6O3. The molecule has 0 saturated carbocycles. The fraction of sp³-hybridized carbons (Fsp3) is 0.226. The predicted molar refractivity (Wildman–Crippen MR) is 156 cm³/mol. The molecule has 0 fully saturated rings. The fourth-order valence-electron chi connectivity index (χ4n) is 4.25. The standard InChI is InChI=1S/C31H32N6O3/c1-20-9-10-22(18-33-20)37-29(17-28(36-37)31(2,3)4)35-30(39)34-25-11-12-27(24-8-6-5-7-23(24)25)40-19-26(38)21-13-15-32-16-14-21/h5-18,26,38H,19H2,1-4H3,(H2,34,35,39). The van der Waals surface area contributed by atoms with E-state index in [1.54, 1.807) is 47.5 Å². The summed E-state index contributed by atoms with van der Waals surface area (Å²) in [5.41, 5.74) is 3.61. The number of amides is 2. The topological polar surface area (TPSA) is 114 Å². The number of benzene rings is 2. The molecule has 3 heterocycles. The Bertz CT molecular complexity index is 1630. The Morgan fingerprint density at radius 1 is 1.00 bits per heavy atom. The molecule has 0 radical (unpaired) electrons. The van der Waals surface area contributed by atoms with E-state index in [4.69, 9.17) is 9.84 Å². The molecule has 5 aromatic rings. The predicted octanol–water partition coefficient (Wildman–Crippen LogP) is 6.18. The highest BCUT2D eigenvalue weighted by Gasteiger charge is 2.22. The van der Waals surface area contributed by atoms with Gasteiger partial charge in [-0.3, -0.25) is 15.3 Å². The van der Waals surface area contributed by atoms with Crippen molar-refractivity contribution in [2.75, 3.05) is 17.2 Å². The normalized spacial score (nSPS) is 12.2. The molecule has 9 nitrogen and oxygen atoms in total. The van der Waals surface area contributed by atoms with Crippen LogP contribution in [0.25, 0.3) is 16.5 Å². The number of nitrogens with one attached hydrogen (secondary N) is 2. The van der Waals surface area contributed by atoms with Gasteiger partial charge in [0.1, 0.15) is 24.3 Å². The molecule has 40 heavy (non-hydrogen) atoms. The van der Waals surface area contributed by atoms with E-state index < -0.39 is 12.1 Å². The molecule has 1 unspecified atom stereocenters. The van der Waals surface area contributed by atoms with Crippen molar-refractivity contribution in [1.29, 1.82) is 0 Å². The van der Waals surface area contributed by atoms with Crippen LogP contribution in [0.1, 0.15) is 43.8 Å². The number of rotatable bonds is 7. The third-order valence-electron chi connectivity index (χ3n) is 6.48. The summed E-state index contributed by atoms with van der Waals surface area (Å²) in [5.74, 6) is 1.14. The van der Waals surface area contributed by atoms with Crippen molar-refractivity contribution in [1.82, 2.24) is 19.7 Å². The van der Waals surface area contributed by atoms with E-state index in [-0.39, 0.29) is 12.0 Å². The lowest BCUT2D eigenvalue weighted by Crippen LogP contribution is -2.21. The van der Waals surface area contributed by atoms with Crippen LogP contribution >= 0.6 is 0 Å². The molecule has 3 aromatic heterocycles. The van der Waals surface area contributed by atoms with Gasteiger partial charge in [0.2, 0.25) is 0 Å². The Morgan fingerprint density at radius 3 is 2.45 bits per heavy atom. The summed E-state index contributed by atoms with van der Waals surface area (Å²) in [6.45, 7) is 8.22. The Labute approximate surface area is 232 Å². The molecule has 0 aliphatic heterocycles. The highest BCUT2D eigenvalue weighted by atomic mass is 16.5. The quantitative estimate of drug-likeness (QED) is 0.229. The number of carbonyl (C=O) groups excluding carboxylic acids is 1. The van der Waals surface area contributed by atoms with Crippen molar-refractivity contribution in [3.05, 3.63) is 102 Å². The van der Waals surface area contributed by atoms with Crippen LogP contribution in [0.15, 0.2) is 85.3 Å². The maximum atomic E-state index is 13.2. The highest BCUT2D eigenvalue weighted by Crippen LogP contribution is 2.33. The second-order valence-electron chi connectivity index (χ2n) is 10.6. The Morgan fingerprint density at radius 2 is 1.75 bits per heavy atom. The van der Waals surface area contributed by atoms with Crippen LogP contribution in [-0.2, 0) is 5.41 Å². The molecule has 0 bridgehead atoms. The molecule has 1 atom stereocenters. The number of hydrogen-bond donors (Lipinski definition) is 3. The fourth-order valence-corrected chi connectivity index (χ4v) is 4.25. The van der Waals surface area contributed by atoms with Gasteiger partial charge in [-0.25, -0.2) is 9.48 Å².